The molecule has 1 aromatic carbocycles. The molecular formula is C14H24N2O4S2. The van der Waals surface area contributed by atoms with Crippen molar-refractivity contribution in [1.82, 2.24) is 9.03 Å². The van der Waals surface area contributed by atoms with E-state index in [1.165, 1.54) is 16.4 Å². The first-order valence-electron chi connectivity index (χ1n) is 7.13. The van der Waals surface area contributed by atoms with Crippen molar-refractivity contribution in [3.63, 3.8) is 0 Å². The standard InChI is InChI=1S/C14H24N2O4S2/c1-13(2)9-11-16(21(3,17)18)12-10-15-22(19,20)14-7-5-4-6-8-14/h4-8,13,15H,9-12H2,1-3H3. The molecule has 0 unspecified atom stereocenters. The Balaban J connectivity index is 2.63. The molecule has 22 heavy (non-hydrogen) atoms. The lowest BCUT2D eigenvalue weighted by Crippen LogP contribution is -2.38. The lowest BCUT2D eigenvalue weighted by Gasteiger charge is -2.21. The summed E-state index contributed by atoms with van der Waals surface area (Å²) in [6.07, 6.45) is 1.87. The Labute approximate surface area is 133 Å². The van der Waals surface area contributed by atoms with Gasteiger partial charge in [0.15, 0.2) is 0 Å². The van der Waals surface area contributed by atoms with Crippen molar-refractivity contribution < 1.29 is 16.8 Å². The molecule has 0 amide bonds. The van der Waals surface area contributed by atoms with Gasteiger partial charge in [-0.1, -0.05) is 32.0 Å². The van der Waals surface area contributed by atoms with E-state index in [1.54, 1.807) is 18.2 Å². The van der Waals surface area contributed by atoms with Gasteiger partial charge >= 0.3 is 0 Å². The van der Waals surface area contributed by atoms with Gasteiger partial charge in [0, 0.05) is 19.6 Å². The Morgan fingerprint density at radius 3 is 2.14 bits per heavy atom. The van der Waals surface area contributed by atoms with E-state index in [4.69, 9.17) is 0 Å². The van der Waals surface area contributed by atoms with Gasteiger partial charge in [-0.15, -0.1) is 0 Å². The molecule has 126 valence electrons. The predicted molar refractivity (Wildman–Crippen MR) is 87.5 cm³/mol. The lowest BCUT2D eigenvalue weighted by molar-refractivity contribution is 0.385. The molecule has 1 aromatic rings. The Morgan fingerprint density at radius 2 is 1.64 bits per heavy atom. The first-order valence-corrected chi connectivity index (χ1v) is 10.5. The van der Waals surface area contributed by atoms with Crippen LogP contribution in [0.3, 0.4) is 0 Å². The summed E-state index contributed by atoms with van der Waals surface area (Å²) in [5, 5.41) is 0. The van der Waals surface area contributed by atoms with Gasteiger partial charge in [0.1, 0.15) is 0 Å². The molecule has 0 aliphatic carbocycles. The van der Waals surface area contributed by atoms with E-state index in [-0.39, 0.29) is 18.0 Å². The monoisotopic (exact) mass is 348 g/mol. The Kier molecular flexibility index (Phi) is 6.98. The van der Waals surface area contributed by atoms with Crippen molar-refractivity contribution in [2.45, 2.75) is 25.2 Å². The van der Waals surface area contributed by atoms with Gasteiger partial charge in [-0.05, 0) is 24.5 Å². The van der Waals surface area contributed by atoms with Crippen molar-refractivity contribution in [3.05, 3.63) is 30.3 Å². The summed E-state index contributed by atoms with van der Waals surface area (Å²) in [6.45, 7) is 4.58. The second-order valence-electron chi connectivity index (χ2n) is 5.56. The molecule has 0 saturated carbocycles. The molecule has 0 saturated heterocycles. The zero-order valence-corrected chi connectivity index (χ0v) is 14.8. The normalized spacial score (nSPS) is 13.0. The van der Waals surface area contributed by atoms with E-state index in [0.717, 1.165) is 12.7 Å². The Morgan fingerprint density at radius 1 is 1.05 bits per heavy atom. The fraction of sp³-hybridized carbons (Fsp3) is 0.571. The summed E-state index contributed by atoms with van der Waals surface area (Å²) in [5.74, 6) is 0.380. The highest BCUT2D eigenvalue weighted by Crippen LogP contribution is 2.08. The third-order valence-corrected chi connectivity index (χ3v) is 5.91. The summed E-state index contributed by atoms with van der Waals surface area (Å²) in [5.41, 5.74) is 0. The number of hydrogen-bond donors (Lipinski definition) is 1. The maximum Gasteiger partial charge on any atom is 0.240 e. The van der Waals surface area contributed by atoms with E-state index in [1.807, 2.05) is 13.8 Å². The number of hydrogen-bond acceptors (Lipinski definition) is 4. The molecule has 0 aliphatic rings. The molecule has 1 rings (SSSR count). The SMILES string of the molecule is CC(C)CCN(CCNS(=O)(=O)c1ccccc1)S(C)(=O)=O. The fourth-order valence-electron chi connectivity index (χ4n) is 1.83. The van der Waals surface area contributed by atoms with Crippen molar-refractivity contribution in [2.24, 2.45) is 5.92 Å². The summed E-state index contributed by atoms with van der Waals surface area (Å²) < 4.78 is 51.3. The molecule has 0 aliphatic heterocycles. The van der Waals surface area contributed by atoms with E-state index >= 15 is 0 Å². The van der Waals surface area contributed by atoms with Gasteiger partial charge in [0.25, 0.3) is 0 Å². The molecule has 0 radical (unpaired) electrons. The average molecular weight is 348 g/mol. The van der Waals surface area contributed by atoms with E-state index in [9.17, 15) is 16.8 Å². The fourth-order valence-corrected chi connectivity index (χ4v) is 3.74. The molecule has 6 nitrogen and oxygen atoms in total. The first kappa shape index (κ1) is 19.1. The van der Waals surface area contributed by atoms with Gasteiger partial charge in [0.2, 0.25) is 20.0 Å². The maximum atomic E-state index is 12.1. The van der Waals surface area contributed by atoms with E-state index in [0.29, 0.717) is 12.5 Å². The summed E-state index contributed by atoms with van der Waals surface area (Å²) in [4.78, 5) is 0.170. The number of nitrogens with zero attached hydrogens (tertiary/aromatic N) is 1. The number of sulfonamides is 2. The van der Waals surface area contributed by atoms with Gasteiger partial charge in [-0.2, -0.15) is 0 Å². The third kappa shape index (κ3) is 6.43. The molecule has 1 N–H and O–H groups in total. The third-order valence-electron chi connectivity index (χ3n) is 3.13. The predicted octanol–water partition coefficient (Wildman–Crippen LogP) is 1.27. The highest BCUT2D eigenvalue weighted by atomic mass is 32.2. The number of nitrogens with one attached hydrogen (secondary N) is 1. The molecule has 0 heterocycles. The van der Waals surface area contributed by atoms with Crippen LogP contribution in [0.2, 0.25) is 0 Å². The van der Waals surface area contributed by atoms with Crippen LogP contribution < -0.4 is 4.72 Å². The highest BCUT2D eigenvalue weighted by Gasteiger charge is 2.18. The van der Waals surface area contributed by atoms with Gasteiger partial charge < -0.3 is 0 Å². The van der Waals surface area contributed by atoms with Crippen LogP contribution in [0, 0.1) is 5.92 Å². The molecule has 0 atom stereocenters. The second-order valence-corrected chi connectivity index (χ2v) is 9.30. The lowest BCUT2D eigenvalue weighted by atomic mass is 10.1. The summed E-state index contributed by atoms with van der Waals surface area (Å²) in [6, 6.07) is 8.00. The van der Waals surface area contributed by atoms with Crippen LogP contribution in [0.5, 0.6) is 0 Å². The van der Waals surface area contributed by atoms with E-state index < -0.39 is 20.0 Å². The second kappa shape index (κ2) is 8.05. The molecule has 0 fully saturated rings. The zero-order chi connectivity index (χ0) is 16.8. The molecule has 0 aromatic heterocycles. The number of benzene rings is 1. The molecule has 0 spiro atoms. The van der Waals surface area contributed by atoms with Crippen molar-refractivity contribution in [3.8, 4) is 0 Å². The molecular weight excluding hydrogens is 324 g/mol. The topological polar surface area (TPSA) is 83.6 Å². The highest BCUT2D eigenvalue weighted by molar-refractivity contribution is 7.89. The molecule has 0 bridgehead atoms. The van der Waals surface area contributed by atoms with Crippen LogP contribution in [0.1, 0.15) is 20.3 Å². The van der Waals surface area contributed by atoms with Gasteiger partial charge in [0.05, 0.1) is 11.2 Å². The van der Waals surface area contributed by atoms with Crippen LogP contribution in [-0.4, -0.2) is 47.0 Å². The summed E-state index contributed by atoms with van der Waals surface area (Å²) >= 11 is 0. The van der Waals surface area contributed by atoms with Crippen LogP contribution in [-0.2, 0) is 20.0 Å². The minimum absolute atomic E-state index is 0.0440. The van der Waals surface area contributed by atoms with E-state index in [2.05, 4.69) is 4.72 Å². The Hall–Kier alpha value is -0.960. The minimum atomic E-state index is -3.60. The van der Waals surface area contributed by atoms with Gasteiger partial charge in [-0.25, -0.2) is 25.9 Å². The minimum Gasteiger partial charge on any atom is -0.213 e. The smallest absolute Gasteiger partial charge is 0.213 e. The number of rotatable bonds is 9. The quantitative estimate of drug-likeness (QED) is 0.728. The average Bonchev–Trinajstić information content (AvgIpc) is 2.42. The van der Waals surface area contributed by atoms with Crippen molar-refractivity contribution in [2.75, 3.05) is 25.9 Å². The van der Waals surface area contributed by atoms with Crippen molar-refractivity contribution in [1.29, 1.82) is 0 Å². The van der Waals surface area contributed by atoms with Gasteiger partial charge in [-0.3, -0.25) is 0 Å². The maximum absolute atomic E-state index is 12.1. The van der Waals surface area contributed by atoms with Crippen LogP contribution in [0.4, 0.5) is 0 Å². The van der Waals surface area contributed by atoms with Crippen LogP contribution in [0.15, 0.2) is 35.2 Å². The Bertz CT molecular complexity index is 655. The zero-order valence-electron chi connectivity index (χ0n) is 13.2. The van der Waals surface area contributed by atoms with Crippen LogP contribution >= 0.6 is 0 Å². The first-order chi connectivity index (χ1) is 10.1. The molecule has 8 heteroatoms. The summed E-state index contributed by atoms with van der Waals surface area (Å²) in [7, 11) is -6.95. The largest absolute Gasteiger partial charge is 0.240 e. The van der Waals surface area contributed by atoms with Crippen molar-refractivity contribution >= 4 is 20.0 Å². The van der Waals surface area contributed by atoms with Crippen LogP contribution in [0.25, 0.3) is 0 Å².